The van der Waals surface area contributed by atoms with Crippen molar-refractivity contribution in [1.82, 2.24) is 25.6 Å². The number of esters is 1. The minimum absolute atomic E-state index is 0.0564. The molecule has 202 valence electrons. The Balaban J connectivity index is 1.66. The molecule has 2 aromatic carbocycles. The number of hydrogen-bond donors (Lipinski definition) is 1. The summed E-state index contributed by atoms with van der Waals surface area (Å²) >= 11 is 0. The van der Waals surface area contributed by atoms with E-state index in [-0.39, 0.29) is 25.1 Å². The summed E-state index contributed by atoms with van der Waals surface area (Å²) in [6.07, 6.45) is -3.09. The van der Waals surface area contributed by atoms with Crippen molar-refractivity contribution in [2.75, 3.05) is 24.8 Å². The van der Waals surface area contributed by atoms with Crippen molar-refractivity contribution in [2.24, 2.45) is 0 Å². The van der Waals surface area contributed by atoms with E-state index in [9.17, 15) is 18.0 Å². The number of halogens is 3. The molecular formula is C26H29F3N6O3. The number of nitrogens with one attached hydrogen (secondary N) is 1. The smallest absolute Gasteiger partial charge is 0.408 e. The van der Waals surface area contributed by atoms with Gasteiger partial charge >= 0.3 is 12.1 Å². The van der Waals surface area contributed by atoms with E-state index >= 15 is 0 Å². The molecule has 0 aliphatic carbocycles. The summed E-state index contributed by atoms with van der Waals surface area (Å²) in [4.78, 5) is 11.1. The van der Waals surface area contributed by atoms with Crippen molar-refractivity contribution in [3.8, 4) is 22.5 Å². The predicted octanol–water partition coefficient (Wildman–Crippen LogP) is 5.11. The second-order valence-corrected chi connectivity index (χ2v) is 8.83. The van der Waals surface area contributed by atoms with Gasteiger partial charge in [-0.25, -0.2) is 5.01 Å². The summed E-state index contributed by atoms with van der Waals surface area (Å²) in [6, 6.07) is 14.5. The number of rotatable bonds is 10. The lowest BCUT2D eigenvalue weighted by atomic mass is 9.98. The molecule has 9 nitrogen and oxygen atoms in total. The summed E-state index contributed by atoms with van der Waals surface area (Å²) in [7, 11) is 0. The van der Waals surface area contributed by atoms with Gasteiger partial charge in [0.05, 0.1) is 11.7 Å². The molecule has 0 radical (unpaired) electrons. The van der Waals surface area contributed by atoms with Gasteiger partial charge in [-0.3, -0.25) is 9.80 Å². The number of benzene rings is 2. The fourth-order valence-corrected chi connectivity index (χ4v) is 4.56. The second kappa shape index (κ2) is 11.5. The first kappa shape index (κ1) is 27.0. The van der Waals surface area contributed by atoms with Gasteiger partial charge in [-0.2, -0.15) is 18.4 Å². The van der Waals surface area contributed by atoms with Gasteiger partial charge in [0.25, 0.3) is 0 Å². The number of alkyl halides is 3. The molecule has 0 fully saturated rings. The molecule has 1 aliphatic rings. The van der Waals surface area contributed by atoms with Crippen LogP contribution in [0.2, 0.25) is 0 Å². The molecule has 38 heavy (non-hydrogen) atoms. The van der Waals surface area contributed by atoms with E-state index in [2.05, 4.69) is 20.6 Å². The van der Waals surface area contributed by atoms with Crippen LogP contribution in [0.15, 0.2) is 60.0 Å². The SMILES string of the molecule is CCCC1C(C)=C(OCCOC(C)=O)N(CC(F)(F)F)N1c1ccc(-c2ccccc2-c2nn[nH]n2)cc1. The Bertz CT molecular complexity index is 1260. The van der Waals surface area contributed by atoms with Crippen LogP contribution < -0.4 is 5.01 Å². The first-order chi connectivity index (χ1) is 18.2. The molecule has 0 amide bonds. The van der Waals surface area contributed by atoms with Gasteiger partial charge in [-0.1, -0.05) is 49.7 Å². The zero-order valence-corrected chi connectivity index (χ0v) is 21.3. The summed E-state index contributed by atoms with van der Waals surface area (Å²) in [6.45, 7) is 3.69. The van der Waals surface area contributed by atoms with Crippen molar-refractivity contribution in [3.05, 3.63) is 60.0 Å². The van der Waals surface area contributed by atoms with Gasteiger partial charge in [-0.15, -0.1) is 10.2 Å². The van der Waals surface area contributed by atoms with Crippen LogP contribution in [0.5, 0.6) is 0 Å². The second-order valence-electron chi connectivity index (χ2n) is 8.83. The third-order valence-corrected chi connectivity index (χ3v) is 6.10. The highest BCUT2D eigenvalue weighted by molar-refractivity contribution is 5.81. The number of aromatic nitrogens is 4. The average molecular weight is 531 g/mol. The highest BCUT2D eigenvalue weighted by Gasteiger charge is 2.43. The number of carbonyl (C=O) groups is 1. The van der Waals surface area contributed by atoms with Gasteiger partial charge in [0.15, 0.2) is 0 Å². The maximum Gasteiger partial charge on any atom is 0.408 e. The number of carbonyl (C=O) groups excluding carboxylic acids is 1. The molecule has 2 heterocycles. The number of H-pyrrole nitrogens is 1. The topological polar surface area (TPSA) is 96.5 Å². The van der Waals surface area contributed by atoms with E-state index in [1.54, 1.807) is 24.1 Å². The third-order valence-electron chi connectivity index (χ3n) is 6.10. The minimum Gasteiger partial charge on any atom is -0.474 e. The number of tetrazole rings is 1. The molecule has 0 bridgehead atoms. The summed E-state index contributed by atoms with van der Waals surface area (Å²) < 4.78 is 51.9. The Morgan fingerprint density at radius 1 is 1.08 bits per heavy atom. The molecule has 4 rings (SSSR count). The average Bonchev–Trinajstić information content (AvgIpc) is 3.49. The zero-order chi connectivity index (χ0) is 27.3. The Morgan fingerprint density at radius 3 is 2.39 bits per heavy atom. The molecule has 0 spiro atoms. The number of hydrazine groups is 1. The van der Waals surface area contributed by atoms with Crippen LogP contribution in [0.4, 0.5) is 18.9 Å². The molecule has 1 aromatic heterocycles. The Hall–Kier alpha value is -4.09. The van der Waals surface area contributed by atoms with Crippen molar-refractivity contribution in [1.29, 1.82) is 0 Å². The van der Waals surface area contributed by atoms with E-state index in [1.807, 2.05) is 43.3 Å². The number of aromatic amines is 1. The maximum atomic E-state index is 13.7. The molecule has 3 aromatic rings. The number of hydrogen-bond acceptors (Lipinski definition) is 8. The molecule has 1 N–H and O–H groups in total. The molecule has 1 aliphatic heterocycles. The lowest BCUT2D eigenvalue weighted by Crippen LogP contribution is -2.47. The number of nitrogens with zero attached hydrogens (tertiary/aromatic N) is 5. The Morgan fingerprint density at radius 2 is 1.79 bits per heavy atom. The number of anilines is 1. The number of ether oxygens (including phenoxy) is 2. The minimum atomic E-state index is -4.48. The first-order valence-electron chi connectivity index (χ1n) is 12.2. The molecule has 0 saturated heterocycles. The summed E-state index contributed by atoms with van der Waals surface area (Å²) in [5.74, 6) is 0.0859. The van der Waals surface area contributed by atoms with E-state index in [0.29, 0.717) is 23.5 Å². The quantitative estimate of drug-likeness (QED) is 0.285. The lowest BCUT2D eigenvalue weighted by Gasteiger charge is -2.37. The van der Waals surface area contributed by atoms with Crippen LogP contribution in [0, 0.1) is 0 Å². The maximum absolute atomic E-state index is 13.7. The highest BCUT2D eigenvalue weighted by Crippen LogP contribution is 2.39. The fourth-order valence-electron chi connectivity index (χ4n) is 4.56. The van der Waals surface area contributed by atoms with Crippen LogP contribution in [-0.2, 0) is 14.3 Å². The van der Waals surface area contributed by atoms with E-state index in [0.717, 1.165) is 28.1 Å². The molecule has 1 atom stereocenters. The standard InChI is InChI=1S/C26H29F3N6O3/c1-4-7-23-17(2)25(38-15-14-37-18(3)36)34(16-26(27,28)29)35(23)20-12-10-19(11-13-20)21-8-5-6-9-22(21)24-30-32-33-31-24/h5-6,8-13,23H,4,7,14-16H2,1-3H3,(H,30,31,32,33). The summed E-state index contributed by atoms with van der Waals surface area (Å²) in [5.41, 5.74) is 3.77. The van der Waals surface area contributed by atoms with E-state index in [1.165, 1.54) is 6.92 Å². The van der Waals surface area contributed by atoms with Crippen LogP contribution in [-0.4, -0.2) is 63.6 Å². The van der Waals surface area contributed by atoms with Crippen LogP contribution >= 0.6 is 0 Å². The summed E-state index contributed by atoms with van der Waals surface area (Å²) in [5, 5.41) is 17.0. The third kappa shape index (κ3) is 6.06. The zero-order valence-electron chi connectivity index (χ0n) is 21.3. The largest absolute Gasteiger partial charge is 0.474 e. The monoisotopic (exact) mass is 530 g/mol. The van der Waals surface area contributed by atoms with Crippen molar-refractivity contribution in [2.45, 2.75) is 45.8 Å². The van der Waals surface area contributed by atoms with Crippen LogP contribution in [0.25, 0.3) is 22.5 Å². The predicted molar refractivity (Wildman–Crippen MR) is 134 cm³/mol. The van der Waals surface area contributed by atoms with Gasteiger partial charge in [0, 0.05) is 18.1 Å². The van der Waals surface area contributed by atoms with Crippen molar-refractivity contribution < 1.29 is 27.4 Å². The normalized spacial score (nSPS) is 15.8. The van der Waals surface area contributed by atoms with Crippen LogP contribution in [0.3, 0.4) is 0 Å². The first-order valence-corrected chi connectivity index (χ1v) is 12.2. The highest BCUT2D eigenvalue weighted by atomic mass is 19.4. The van der Waals surface area contributed by atoms with E-state index < -0.39 is 18.7 Å². The fraction of sp³-hybridized carbons (Fsp3) is 0.385. The lowest BCUT2D eigenvalue weighted by molar-refractivity contribution is -0.149. The Kier molecular flexibility index (Phi) is 8.18. The molecule has 1 unspecified atom stereocenters. The molecule has 0 saturated carbocycles. The Labute approximate surface area is 218 Å². The molecular weight excluding hydrogens is 501 g/mol. The van der Waals surface area contributed by atoms with Crippen molar-refractivity contribution in [3.63, 3.8) is 0 Å². The van der Waals surface area contributed by atoms with Gasteiger partial charge in [0.1, 0.15) is 19.8 Å². The van der Waals surface area contributed by atoms with Crippen LogP contribution in [0.1, 0.15) is 33.6 Å². The van der Waals surface area contributed by atoms with Gasteiger partial charge in [0.2, 0.25) is 11.7 Å². The van der Waals surface area contributed by atoms with Crippen molar-refractivity contribution >= 4 is 11.7 Å². The van der Waals surface area contributed by atoms with Gasteiger partial charge in [-0.05, 0) is 41.8 Å². The van der Waals surface area contributed by atoms with E-state index in [4.69, 9.17) is 9.47 Å². The van der Waals surface area contributed by atoms with Gasteiger partial charge < -0.3 is 9.47 Å². The molecule has 12 heteroatoms.